The number of aliphatic hydroxyl groups is 2. The van der Waals surface area contributed by atoms with Crippen molar-refractivity contribution in [2.75, 3.05) is 13.2 Å². The number of hydrogen-bond donors (Lipinski definition) is 2. The predicted molar refractivity (Wildman–Crippen MR) is 87.0 cm³/mol. The molecule has 0 aromatic carbocycles. The van der Waals surface area contributed by atoms with E-state index in [0.29, 0.717) is 12.5 Å². The van der Waals surface area contributed by atoms with Crippen molar-refractivity contribution in [1.29, 1.82) is 0 Å². The first-order valence-corrected chi connectivity index (χ1v) is 9.04. The highest BCUT2D eigenvalue weighted by Crippen LogP contribution is 2.57. The van der Waals surface area contributed by atoms with Crippen LogP contribution in [0.3, 0.4) is 0 Å². The molecule has 1 amide bonds. The van der Waals surface area contributed by atoms with Crippen molar-refractivity contribution in [2.45, 2.75) is 83.0 Å². The van der Waals surface area contributed by atoms with Crippen LogP contribution in [0.5, 0.6) is 0 Å². The van der Waals surface area contributed by atoms with Crippen LogP contribution in [0.1, 0.15) is 65.7 Å². The molecule has 0 spiro atoms. The second kappa shape index (κ2) is 5.62. The normalized spacial score (nSPS) is 36.3. The number of carbonyl (C=O) groups is 1. The number of nitrogens with zero attached hydrogens (tertiary/aromatic N) is 1. The zero-order valence-corrected chi connectivity index (χ0v) is 14.7. The van der Waals surface area contributed by atoms with Crippen molar-refractivity contribution in [1.82, 2.24) is 4.90 Å². The molecule has 2 aliphatic carbocycles. The summed E-state index contributed by atoms with van der Waals surface area (Å²) < 4.78 is 5.59. The Morgan fingerprint density at radius 3 is 2.43 bits per heavy atom. The Hall–Kier alpha value is -0.810. The smallest absolute Gasteiger partial charge is 0.410 e. The average Bonchev–Trinajstić information content (AvgIpc) is 2.94. The Morgan fingerprint density at radius 2 is 1.91 bits per heavy atom. The van der Waals surface area contributed by atoms with Crippen LogP contribution in [0, 0.1) is 11.3 Å². The maximum Gasteiger partial charge on any atom is 0.410 e. The summed E-state index contributed by atoms with van der Waals surface area (Å²) in [6, 6.07) is -0.115. The minimum atomic E-state index is -0.841. The zero-order chi connectivity index (χ0) is 16.9. The predicted octanol–water partition coefficient (Wildman–Crippen LogP) is 2.69. The van der Waals surface area contributed by atoms with Gasteiger partial charge in [-0.05, 0) is 58.8 Å². The molecular weight excluding hydrogens is 294 g/mol. The largest absolute Gasteiger partial charge is 0.444 e. The highest BCUT2D eigenvalue weighted by molar-refractivity contribution is 5.69. The highest BCUT2D eigenvalue weighted by atomic mass is 16.6. The lowest BCUT2D eigenvalue weighted by Crippen LogP contribution is -2.69. The Morgan fingerprint density at radius 1 is 1.26 bits per heavy atom. The number of amides is 1. The van der Waals surface area contributed by atoms with Gasteiger partial charge in [-0.3, -0.25) is 0 Å². The first-order chi connectivity index (χ1) is 10.7. The van der Waals surface area contributed by atoms with E-state index in [1.807, 2.05) is 20.8 Å². The fourth-order valence-electron chi connectivity index (χ4n) is 5.24. The van der Waals surface area contributed by atoms with E-state index in [1.54, 1.807) is 4.90 Å². The number of hydrogen-bond acceptors (Lipinski definition) is 4. The molecular formula is C18H31NO4. The highest BCUT2D eigenvalue weighted by Gasteiger charge is 2.62. The van der Waals surface area contributed by atoms with Gasteiger partial charge < -0.3 is 19.8 Å². The first kappa shape index (κ1) is 17.0. The number of ether oxygens (including phenoxy) is 1. The van der Waals surface area contributed by atoms with Gasteiger partial charge in [-0.1, -0.05) is 12.8 Å². The summed E-state index contributed by atoms with van der Waals surface area (Å²) in [5, 5.41) is 21.6. The third-order valence-electron chi connectivity index (χ3n) is 6.24. The number of rotatable bonds is 2. The molecule has 23 heavy (non-hydrogen) atoms. The summed E-state index contributed by atoms with van der Waals surface area (Å²) in [5.74, 6) is 0.351. The number of carbonyl (C=O) groups excluding carboxylic acids is 1. The Kier molecular flexibility index (Phi) is 4.16. The standard InChI is InChI=1S/C18H31NO4/c1-16(2,3)23-15(21)19-11-13-6-7-14(19)17(10-13,12-20)18(22)8-4-5-9-18/h13-14,20,22H,4-12H2,1-3H3. The van der Waals surface area contributed by atoms with E-state index < -0.39 is 16.6 Å². The molecule has 0 aromatic heterocycles. The topological polar surface area (TPSA) is 70.0 Å². The molecule has 0 aromatic rings. The molecule has 2 saturated carbocycles. The van der Waals surface area contributed by atoms with Crippen LogP contribution in [0.4, 0.5) is 4.79 Å². The second-order valence-electron chi connectivity index (χ2n) is 8.85. The monoisotopic (exact) mass is 325 g/mol. The lowest BCUT2D eigenvalue weighted by Gasteiger charge is -2.61. The van der Waals surface area contributed by atoms with Crippen LogP contribution in [0.2, 0.25) is 0 Å². The fourth-order valence-corrected chi connectivity index (χ4v) is 5.24. The van der Waals surface area contributed by atoms with Crippen LogP contribution in [0.15, 0.2) is 0 Å². The lowest BCUT2D eigenvalue weighted by atomic mass is 9.55. The minimum Gasteiger partial charge on any atom is -0.444 e. The molecule has 0 radical (unpaired) electrons. The van der Waals surface area contributed by atoms with Gasteiger partial charge in [0.05, 0.1) is 12.2 Å². The van der Waals surface area contributed by atoms with Crippen molar-refractivity contribution >= 4 is 6.09 Å². The molecule has 2 heterocycles. The molecule has 2 bridgehead atoms. The molecule has 3 unspecified atom stereocenters. The Bertz CT molecular complexity index is 466. The summed E-state index contributed by atoms with van der Waals surface area (Å²) in [4.78, 5) is 14.5. The van der Waals surface area contributed by atoms with E-state index in [9.17, 15) is 15.0 Å². The van der Waals surface area contributed by atoms with Crippen LogP contribution < -0.4 is 0 Å². The molecule has 4 aliphatic rings. The van der Waals surface area contributed by atoms with Gasteiger partial charge in [0, 0.05) is 18.0 Å². The summed E-state index contributed by atoms with van der Waals surface area (Å²) in [6.07, 6.45) is 5.92. The molecule has 2 N–H and O–H groups in total. The van der Waals surface area contributed by atoms with E-state index in [0.717, 1.165) is 44.9 Å². The van der Waals surface area contributed by atoms with Crippen LogP contribution in [-0.2, 0) is 4.74 Å². The van der Waals surface area contributed by atoms with Crippen LogP contribution >= 0.6 is 0 Å². The first-order valence-electron chi connectivity index (χ1n) is 9.04. The van der Waals surface area contributed by atoms with Gasteiger partial charge in [-0.15, -0.1) is 0 Å². The molecule has 5 heteroatoms. The van der Waals surface area contributed by atoms with Crippen molar-refractivity contribution in [3.05, 3.63) is 0 Å². The summed E-state index contributed by atoms with van der Waals surface area (Å²) >= 11 is 0. The Labute approximate surface area is 139 Å². The van der Waals surface area contributed by atoms with Gasteiger partial charge in [0.1, 0.15) is 5.60 Å². The summed E-state index contributed by atoms with van der Waals surface area (Å²) in [6.45, 7) is 6.26. The SMILES string of the molecule is CC(C)(C)OC(=O)N1CC2CCC1C(CO)(C1(O)CCCC1)C2. The van der Waals surface area contributed by atoms with Gasteiger partial charge in [0.2, 0.25) is 0 Å². The molecule has 2 saturated heterocycles. The van der Waals surface area contributed by atoms with Crippen LogP contribution in [0.25, 0.3) is 0 Å². The van der Waals surface area contributed by atoms with Crippen molar-refractivity contribution in [3.8, 4) is 0 Å². The molecule has 5 nitrogen and oxygen atoms in total. The van der Waals surface area contributed by atoms with E-state index in [2.05, 4.69) is 0 Å². The van der Waals surface area contributed by atoms with Gasteiger partial charge in [0.15, 0.2) is 0 Å². The van der Waals surface area contributed by atoms with Crippen molar-refractivity contribution in [3.63, 3.8) is 0 Å². The van der Waals surface area contributed by atoms with Crippen LogP contribution in [-0.4, -0.2) is 51.6 Å². The van der Waals surface area contributed by atoms with E-state index in [4.69, 9.17) is 4.74 Å². The summed E-state index contributed by atoms with van der Waals surface area (Å²) in [7, 11) is 0. The van der Waals surface area contributed by atoms with Gasteiger partial charge in [-0.2, -0.15) is 0 Å². The van der Waals surface area contributed by atoms with E-state index in [-0.39, 0.29) is 18.7 Å². The third kappa shape index (κ3) is 2.76. The maximum atomic E-state index is 12.7. The minimum absolute atomic E-state index is 0.0516. The van der Waals surface area contributed by atoms with Crippen molar-refractivity contribution in [2.24, 2.45) is 11.3 Å². The molecule has 132 valence electrons. The lowest BCUT2D eigenvalue weighted by molar-refractivity contribution is -0.191. The zero-order valence-electron chi connectivity index (χ0n) is 14.7. The maximum absolute atomic E-state index is 12.7. The van der Waals surface area contributed by atoms with Gasteiger partial charge >= 0.3 is 6.09 Å². The Balaban J connectivity index is 1.89. The number of fused-ring (bicyclic) bond motifs is 3. The quantitative estimate of drug-likeness (QED) is 0.819. The molecule has 3 atom stereocenters. The molecule has 4 fully saturated rings. The van der Waals surface area contributed by atoms with E-state index in [1.165, 1.54) is 0 Å². The number of piperidine rings is 2. The third-order valence-corrected chi connectivity index (χ3v) is 6.24. The molecule has 2 aliphatic heterocycles. The van der Waals surface area contributed by atoms with E-state index >= 15 is 0 Å². The van der Waals surface area contributed by atoms with Crippen molar-refractivity contribution < 1.29 is 19.7 Å². The number of aliphatic hydroxyl groups excluding tert-OH is 1. The second-order valence-corrected chi connectivity index (χ2v) is 8.85. The molecule has 4 rings (SSSR count). The van der Waals surface area contributed by atoms with Gasteiger partial charge in [0.25, 0.3) is 0 Å². The average molecular weight is 325 g/mol. The summed E-state index contributed by atoms with van der Waals surface area (Å²) in [5.41, 5.74) is -1.95. The van der Waals surface area contributed by atoms with Gasteiger partial charge in [-0.25, -0.2) is 4.79 Å². The fraction of sp³-hybridized carbons (Fsp3) is 0.944.